The van der Waals surface area contributed by atoms with Crippen molar-refractivity contribution in [2.75, 3.05) is 42.9 Å². The summed E-state index contributed by atoms with van der Waals surface area (Å²) in [4.78, 5) is 47.6. The number of carbonyl (C=O) groups excluding carboxylic acids is 1. The van der Waals surface area contributed by atoms with Crippen LogP contribution >= 0.6 is 0 Å². The number of hydrogen-bond donors (Lipinski definition) is 4. The number of fused-ring (bicyclic) bond motifs is 1. The van der Waals surface area contributed by atoms with Crippen LogP contribution in [0.2, 0.25) is 0 Å². The SMILES string of the molecule is CCc1cc(C)[nH]c(=O)c1CNC(=O)Cc1cc(-c2ccc(N3CCN(C(=O)O)CC3)nc2)cc2c1CCN2. The van der Waals surface area contributed by atoms with Gasteiger partial charge in [-0.25, -0.2) is 9.78 Å². The van der Waals surface area contributed by atoms with E-state index in [1.165, 1.54) is 4.90 Å². The van der Waals surface area contributed by atoms with Crippen molar-refractivity contribution >= 4 is 23.5 Å². The second kappa shape index (κ2) is 11.2. The molecule has 2 aliphatic heterocycles. The van der Waals surface area contributed by atoms with Crippen molar-refractivity contribution in [3.8, 4) is 11.1 Å². The van der Waals surface area contributed by atoms with Gasteiger partial charge in [-0.05, 0) is 66.3 Å². The van der Waals surface area contributed by atoms with Crippen LogP contribution in [0.4, 0.5) is 16.3 Å². The van der Waals surface area contributed by atoms with Crippen molar-refractivity contribution < 1.29 is 14.7 Å². The summed E-state index contributed by atoms with van der Waals surface area (Å²) in [5.41, 5.74) is 7.28. The Morgan fingerprint density at radius 1 is 1.08 bits per heavy atom. The van der Waals surface area contributed by atoms with Crippen LogP contribution in [0.5, 0.6) is 0 Å². The van der Waals surface area contributed by atoms with Gasteiger partial charge in [-0.15, -0.1) is 0 Å². The van der Waals surface area contributed by atoms with Gasteiger partial charge in [0.1, 0.15) is 5.82 Å². The summed E-state index contributed by atoms with van der Waals surface area (Å²) in [6, 6.07) is 10.1. The van der Waals surface area contributed by atoms with Crippen LogP contribution in [-0.2, 0) is 30.6 Å². The standard InChI is InChI=1S/C29H34N6O4/c1-3-19-12-18(2)33-28(37)24(19)17-32-27(36)15-22-13-21(14-25-23(22)6-7-30-25)20-4-5-26(31-16-20)34-8-10-35(11-9-34)29(38)39/h4-5,12-14,16,30H,3,6-11,15,17H2,1-2H3,(H,32,36)(H,33,37)(H,38,39). The molecule has 5 rings (SSSR count). The average molecular weight is 531 g/mol. The van der Waals surface area contributed by atoms with Crippen LogP contribution in [-0.4, -0.2) is 64.7 Å². The maximum absolute atomic E-state index is 13.0. The number of carbonyl (C=O) groups is 2. The highest BCUT2D eigenvalue weighted by Crippen LogP contribution is 2.33. The minimum absolute atomic E-state index is 0.128. The molecule has 0 aliphatic carbocycles. The summed E-state index contributed by atoms with van der Waals surface area (Å²) in [5, 5.41) is 15.5. The van der Waals surface area contributed by atoms with Gasteiger partial charge in [-0.1, -0.05) is 13.0 Å². The van der Waals surface area contributed by atoms with Crippen LogP contribution in [0, 0.1) is 6.92 Å². The molecule has 0 atom stereocenters. The smallest absolute Gasteiger partial charge is 0.407 e. The molecule has 39 heavy (non-hydrogen) atoms. The molecule has 2 amide bonds. The zero-order valence-corrected chi connectivity index (χ0v) is 22.3. The highest BCUT2D eigenvalue weighted by Gasteiger charge is 2.22. The first-order valence-corrected chi connectivity index (χ1v) is 13.4. The predicted octanol–water partition coefficient (Wildman–Crippen LogP) is 2.93. The molecule has 2 aromatic heterocycles. The van der Waals surface area contributed by atoms with E-state index < -0.39 is 6.09 Å². The minimum atomic E-state index is -0.887. The average Bonchev–Trinajstić information content (AvgIpc) is 3.41. The van der Waals surface area contributed by atoms with Crippen LogP contribution in [0.15, 0.2) is 41.3 Å². The van der Waals surface area contributed by atoms with E-state index in [9.17, 15) is 19.5 Å². The van der Waals surface area contributed by atoms with Gasteiger partial charge in [0, 0.05) is 68.0 Å². The molecule has 0 unspecified atom stereocenters. The van der Waals surface area contributed by atoms with Gasteiger partial charge in [0.2, 0.25) is 5.91 Å². The second-order valence-corrected chi connectivity index (χ2v) is 10.1. The Morgan fingerprint density at radius 2 is 1.87 bits per heavy atom. The van der Waals surface area contributed by atoms with E-state index in [0.717, 1.165) is 64.4 Å². The van der Waals surface area contributed by atoms with E-state index in [2.05, 4.69) is 37.6 Å². The molecule has 204 valence electrons. The quantitative estimate of drug-likeness (QED) is 0.369. The highest BCUT2D eigenvalue weighted by atomic mass is 16.4. The van der Waals surface area contributed by atoms with Gasteiger partial charge >= 0.3 is 6.09 Å². The third kappa shape index (κ3) is 5.74. The predicted molar refractivity (Wildman–Crippen MR) is 150 cm³/mol. The van der Waals surface area contributed by atoms with Gasteiger partial charge in [-0.3, -0.25) is 9.59 Å². The Kier molecular flexibility index (Phi) is 7.53. The Labute approximate surface area is 227 Å². The van der Waals surface area contributed by atoms with Gasteiger partial charge in [-0.2, -0.15) is 0 Å². The molecular formula is C29H34N6O4. The summed E-state index contributed by atoms with van der Waals surface area (Å²) in [7, 11) is 0. The van der Waals surface area contributed by atoms with E-state index >= 15 is 0 Å². The first-order chi connectivity index (χ1) is 18.8. The lowest BCUT2D eigenvalue weighted by molar-refractivity contribution is -0.120. The lowest BCUT2D eigenvalue weighted by atomic mass is 9.96. The summed E-state index contributed by atoms with van der Waals surface area (Å²) in [6.07, 6.45) is 2.75. The number of aromatic nitrogens is 2. The van der Waals surface area contributed by atoms with E-state index in [1.807, 2.05) is 38.2 Å². The molecule has 4 heterocycles. The van der Waals surface area contributed by atoms with E-state index in [1.54, 1.807) is 0 Å². The Bertz CT molecular complexity index is 1440. The van der Waals surface area contributed by atoms with Gasteiger partial charge in [0.15, 0.2) is 0 Å². The third-order valence-corrected chi connectivity index (χ3v) is 7.55. The number of H-pyrrole nitrogens is 1. The molecule has 3 aromatic rings. The molecule has 0 radical (unpaired) electrons. The van der Waals surface area contributed by atoms with Crippen LogP contribution in [0.3, 0.4) is 0 Å². The summed E-state index contributed by atoms with van der Waals surface area (Å²) < 4.78 is 0. The van der Waals surface area contributed by atoms with Crippen LogP contribution in [0.1, 0.15) is 34.9 Å². The van der Waals surface area contributed by atoms with E-state index in [4.69, 9.17) is 0 Å². The number of pyridine rings is 2. The monoisotopic (exact) mass is 530 g/mol. The van der Waals surface area contributed by atoms with Crippen molar-refractivity contribution in [1.29, 1.82) is 0 Å². The van der Waals surface area contributed by atoms with Crippen molar-refractivity contribution in [3.63, 3.8) is 0 Å². The molecule has 1 aromatic carbocycles. The lowest BCUT2D eigenvalue weighted by Crippen LogP contribution is -2.48. The lowest BCUT2D eigenvalue weighted by Gasteiger charge is -2.33. The fourth-order valence-electron chi connectivity index (χ4n) is 5.42. The normalized spacial score (nSPS) is 14.6. The molecule has 0 bridgehead atoms. The van der Waals surface area contributed by atoms with Gasteiger partial charge in [0.05, 0.1) is 6.42 Å². The Hall–Kier alpha value is -4.34. The Balaban J connectivity index is 1.30. The number of nitrogens with zero attached hydrogens (tertiary/aromatic N) is 3. The topological polar surface area (TPSA) is 131 Å². The summed E-state index contributed by atoms with van der Waals surface area (Å²) in [6.45, 7) is 7.01. The number of aromatic amines is 1. The number of nitrogens with one attached hydrogen (secondary N) is 3. The maximum Gasteiger partial charge on any atom is 0.407 e. The number of hydrogen-bond acceptors (Lipinski definition) is 6. The molecule has 0 saturated carbocycles. The fraction of sp³-hybridized carbons (Fsp3) is 0.379. The third-order valence-electron chi connectivity index (χ3n) is 7.55. The highest BCUT2D eigenvalue weighted by molar-refractivity contribution is 5.82. The Morgan fingerprint density at radius 3 is 2.56 bits per heavy atom. The van der Waals surface area contributed by atoms with Crippen LogP contribution in [0.25, 0.3) is 11.1 Å². The summed E-state index contributed by atoms with van der Waals surface area (Å²) >= 11 is 0. The largest absolute Gasteiger partial charge is 0.465 e. The van der Waals surface area contributed by atoms with Gasteiger partial charge in [0.25, 0.3) is 5.56 Å². The first-order valence-electron chi connectivity index (χ1n) is 13.4. The van der Waals surface area contributed by atoms with Crippen LogP contribution < -0.4 is 21.1 Å². The van der Waals surface area contributed by atoms with E-state index in [0.29, 0.717) is 31.7 Å². The van der Waals surface area contributed by atoms with Crippen molar-refractivity contribution in [3.05, 3.63) is 74.8 Å². The molecule has 1 saturated heterocycles. The second-order valence-electron chi connectivity index (χ2n) is 10.1. The number of aryl methyl sites for hydroxylation is 2. The minimum Gasteiger partial charge on any atom is -0.465 e. The zero-order valence-electron chi connectivity index (χ0n) is 22.3. The van der Waals surface area contributed by atoms with Gasteiger partial charge < -0.3 is 30.5 Å². The molecule has 0 spiro atoms. The molecule has 4 N–H and O–H groups in total. The number of amides is 2. The number of rotatable bonds is 7. The molecule has 1 fully saturated rings. The fourth-order valence-corrected chi connectivity index (χ4v) is 5.42. The molecule has 2 aliphatic rings. The number of carboxylic acid groups (broad SMARTS) is 1. The summed E-state index contributed by atoms with van der Waals surface area (Å²) in [5.74, 6) is 0.692. The van der Waals surface area contributed by atoms with Crippen molar-refractivity contribution in [2.24, 2.45) is 0 Å². The first kappa shape index (κ1) is 26.3. The molecular weight excluding hydrogens is 496 g/mol. The number of anilines is 2. The van der Waals surface area contributed by atoms with Crippen molar-refractivity contribution in [2.45, 2.75) is 39.7 Å². The number of piperazine rings is 1. The zero-order chi connectivity index (χ0) is 27.5. The van der Waals surface area contributed by atoms with E-state index in [-0.39, 0.29) is 24.4 Å². The maximum atomic E-state index is 13.0. The molecule has 10 heteroatoms. The molecule has 10 nitrogen and oxygen atoms in total. The van der Waals surface area contributed by atoms with Crippen molar-refractivity contribution in [1.82, 2.24) is 20.2 Å². The number of benzene rings is 1.